The van der Waals surface area contributed by atoms with Crippen molar-refractivity contribution < 1.29 is 9.53 Å². The van der Waals surface area contributed by atoms with E-state index < -0.39 is 13.7 Å². The van der Waals surface area contributed by atoms with Crippen molar-refractivity contribution >= 4 is 14.2 Å². The summed E-state index contributed by atoms with van der Waals surface area (Å²) in [6, 6.07) is 0. The molecule has 0 N–H and O–H groups in total. The second kappa shape index (κ2) is 6.65. The van der Waals surface area contributed by atoms with E-state index in [4.69, 9.17) is 4.74 Å². The Morgan fingerprint density at radius 3 is 1.96 bits per heavy atom. The zero-order chi connectivity index (χ0) is 19.2. The van der Waals surface area contributed by atoms with Crippen LogP contribution in [0.1, 0.15) is 75.2 Å². The molecule has 1 amide bonds. The fourth-order valence-electron chi connectivity index (χ4n) is 5.07. The molecule has 3 rings (SSSR count). The van der Waals surface area contributed by atoms with Crippen molar-refractivity contribution in [2.75, 3.05) is 6.54 Å². The number of amides is 1. The average molecular weight is 364 g/mol. The molecular weight excluding hydrogens is 326 g/mol. The van der Waals surface area contributed by atoms with Crippen molar-refractivity contribution in [2.24, 2.45) is 5.92 Å². The molecule has 3 aliphatic rings. The monoisotopic (exact) mass is 363 g/mol. The Bertz CT molecular complexity index is 549. The van der Waals surface area contributed by atoms with E-state index in [1.165, 1.54) is 0 Å². The number of rotatable bonds is 3. The average Bonchev–Trinajstić information content (AvgIpc) is 2.90. The maximum Gasteiger partial charge on any atom is 0.411 e. The molecule has 0 unspecified atom stereocenters. The summed E-state index contributed by atoms with van der Waals surface area (Å²) in [4.78, 5) is 14.6. The Kier molecular flexibility index (Phi) is 5.41. The smallest absolute Gasteiger partial charge is 0.411 e. The fraction of sp³-hybridized carbons (Fsp3) is 0.857. The molecule has 0 aromatic heterocycles. The molecule has 2 saturated heterocycles. The zero-order valence-corrected chi connectivity index (χ0v) is 18.7. The molecule has 0 radical (unpaired) electrons. The highest BCUT2D eigenvalue weighted by molar-refractivity contribution is 6.90. The van der Waals surface area contributed by atoms with Crippen LogP contribution in [0.5, 0.6) is 0 Å². The van der Waals surface area contributed by atoms with Gasteiger partial charge in [-0.3, -0.25) is 4.90 Å². The highest BCUT2D eigenvalue weighted by Gasteiger charge is 2.58. The maximum atomic E-state index is 12.7. The van der Waals surface area contributed by atoms with Gasteiger partial charge in [-0.25, -0.2) is 4.79 Å². The van der Waals surface area contributed by atoms with E-state index >= 15 is 0 Å². The van der Waals surface area contributed by atoms with Gasteiger partial charge in [0.05, 0.1) is 0 Å². The minimum Gasteiger partial charge on any atom is -0.444 e. The van der Waals surface area contributed by atoms with Crippen molar-refractivity contribution in [3.05, 3.63) is 0 Å². The summed E-state index contributed by atoms with van der Waals surface area (Å²) < 4.78 is 5.65. The van der Waals surface area contributed by atoms with Gasteiger partial charge >= 0.3 is 6.09 Å². The number of ether oxygens (including phenoxy) is 1. The first-order chi connectivity index (χ1) is 11.3. The Morgan fingerprint density at radius 2 is 1.56 bits per heavy atom. The van der Waals surface area contributed by atoms with Gasteiger partial charge in [-0.2, -0.15) is 0 Å². The molecule has 0 aromatic carbocycles. The summed E-state index contributed by atoms with van der Waals surface area (Å²) in [5.74, 6) is 4.27. The van der Waals surface area contributed by atoms with Gasteiger partial charge in [0.15, 0.2) is 0 Å². The molecular formula is C21H37NO2Si. The van der Waals surface area contributed by atoms with Gasteiger partial charge in [0.1, 0.15) is 19.2 Å². The zero-order valence-electron chi connectivity index (χ0n) is 17.7. The van der Waals surface area contributed by atoms with E-state index in [1.54, 1.807) is 0 Å². The summed E-state index contributed by atoms with van der Waals surface area (Å²) >= 11 is 0. The number of hydrogen-bond acceptors (Lipinski definition) is 2. The van der Waals surface area contributed by atoms with E-state index in [-0.39, 0.29) is 11.6 Å². The van der Waals surface area contributed by atoms with E-state index in [1.807, 2.05) is 25.7 Å². The molecule has 3 fully saturated rings. The Balaban J connectivity index is 2.32. The van der Waals surface area contributed by atoms with Crippen LogP contribution in [-0.2, 0) is 4.74 Å². The number of carbonyl (C=O) groups is 1. The molecule has 2 heterocycles. The van der Waals surface area contributed by atoms with Crippen LogP contribution >= 0.6 is 0 Å². The van der Waals surface area contributed by atoms with E-state index in [2.05, 4.69) is 53.0 Å². The van der Waals surface area contributed by atoms with Crippen molar-refractivity contribution in [3.8, 4) is 11.5 Å². The number of hydrogen-bond donors (Lipinski definition) is 0. The lowest BCUT2D eigenvalue weighted by Crippen LogP contribution is -2.50. The number of carbonyl (C=O) groups excluding carboxylic acids is 1. The summed E-state index contributed by atoms with van der Waals surface area (Å²) in [6.07, 6.45) is 1.86. The van der Waals surface area contributed by atoms with E-state index in [9.17, 15) is 4.79 Å². The third-order valence-corrected chi connectivity index (χ3v) is 12.5. The van der Waals surface area contributed by atoms with Crippen molar-refractivity contribution in [1.82, 2.24) is 4.90 Å². The molecule has 0 aromatic rings. The standard InChI is InChI=1S/C21H37NO2Si/c1-15(2)25(16(3)4,17(5)6)11-10-21-12-18(13-21)14-22(21)19(23)24-20(7,8)9/h15-18H,12-14H2,1-9H3. The summed E-state index contributed by atoms with van der Waals surface area (Å²) in [6.45, 7) is 20.6. The van der Waals surface area contributed by atoms with Crippen LogP contribution < -0.4 is 0 Å². The van der Waals surface area contributed by atoms with Gasteiger partial charge in [-0.1, -0.05) is 47.5 Å². The van der Waals surface area contributed by atoms with Gasteiger partial charge in [0.25, 0.3) is 0 Å². The maximum absolute atomic E-state index is 12.7. The van der Waals surface area contributed by atoms with Gasteiger partial charge in [0.2, 0.25) is 0 Å². The number of nitrogens with zero attached hydrogens (tertiary/aromatic N) is 1. The Hall–Kier alpha value is -0.953. The Morgan fingerprint density at radius 1 is 1.08 bits per heavy atom. The van der Waals surface area contributed by atoms with Crippen molar-refractivity contribution in [3.63, 3.8) is 0 Å². The summed E-state index contributed by atoms with van der Waals surface area (Å²) in [5.41, 5.74) is 4.97. The van der Waals surface area contributed by atoms with Crippen LogP contribution in [0.15, 0.2) is 0 Å². The molecule has 25 heavy (non-hydrogen) atoms. The lowest BCUT2D eigenvalue weighted by Gasteiger charge is -2.41. The molecule has 1 saturated carbocycles. The molecule has 0 atom stereocenters. The van der Waals surface area contributed by atoms with E-state index in [0.29, 0.717) is 22.5 Å². The molecule has 2 aliphatic heterocycles. The highest BCUT2D eigenvalue weighted by atomic mass is 28.3. The first kappa shape index (κ1) is 20.4. The van der Waals surface area contributed by atoms with Crippen LogP contribution in [0.25, 0.3) is 0 Å². The van der Waals surface area contributed by atoms with Gasteiger partial charge in [0, 0.05) is 6.54 Å². The molecule has 142 valence electrons. The summed E-state index contributed by atoms with van der Waals surface area (Å²) in [5, 5.41) is 0. The van der Waals surface area contributed by atoms with Crippen molar-refractivity contribution in [1.29, 1.82) is 0 Å². The van der Waals surface area contributed by atoms with Crippen LogP contribution in [0.2, 0.25) is 16.6 Å². The largest absolute Gasteiger partial charge is 0.444 e. The third-order valence-electron chi connectivity index (χ3n) is 6.20. The molecule has 1 aliphatic carbocycles. The minimum atomic E-state index is -1.77. The molecule has 3 nitrogen and oxygen atoms in total. The second-order valence-electron chi connectivity index (χ2n) is 10.0. The lowest BCUT2D eigenvalue weighted by atomic mass is 9.74. The van der Waals surface area contributed by atoms with Crippen molar-refractivity contribution in [2.45, 2.75) is 103 Å². The predicted molar refractivity (Wildman–Crippen MR) is 107 cm³/mol. The Labute approximate surface area is 155 Å². The minimum absolute atomic E-state index is 0.187. The molecule has 2 bridgehead atoms. The van der Waals surface area contributed by atoms with Crippen LogP contribution in [-0.4, -0.2) is 36.8 Å². The van der Waals surface area contributed by atoms with Crippen LogP contribution in [0, 0.1) is 17.4 Å². The lowest BCUT2D eigenvalue weighted by molar-refractivity contribution is 0.0172. The van der Waals surface area contributed by atoms with Gasteiger partial charge in [-0.15, -0.1) is 5.54 Å². The fourth-order valence-corrected chi connectivity index (χ4v) is 10.4. The van der Waals surface area contributed by atoms with Gasteiger partial charge in [-0.05, 0) is 56.2 Å². The molecule has 0 spiro atoms. The normalized spacial score (nSPS) is 25.9. The number of fused-ring (bicyclic) bond motifs is 1. The predicted octanol–water partition coefficient (Wildman–Crippen LogP) is 5.61. The summed E-state index contributed by atoms with van der Waals surface area (Å²) in [7, 11) is -1.77. The quantitative estimate of drug-likeness (QED) is 0.482. The SMILES string of the molecule is CC(C)[Si](C#CC12CC(CN1C(=O)OC(C)(C)C)C2)(C(C)C)C(C)C. The first-order valence-electron chi connectivity index (χ1n) is 9.89. The highest BCUT2D eigenvalue weighted by Crippen LogP contribution is 2.51. The first-order valence-corrected chi connectivity index (χ1v) is 12.1. The topological polar surface area (TPSA) is 29.5 Å². The third kappa shape index (κ3) is 3.63. The molecule has 4 heteroatoms. The second-order valence-corrected chi connectivity index (χ2v) is 15.6. The van der Waals surface area contributed by atoms with Crippen LogP contribution in [0.3, 0.4) is 0 Å². The van der Waals surface area contributed by atoms with Crippen LogP contribution in [0.4, 0.5) is 4.79 Å². The van der Waals surface area contributed by atoms with E-state index in [0.717, 1.165) is 19.4 Å². The van der Waals surface area contributed by atoms with Gasteiger partial charge < -0.3 is 4.74 Å².